The Morgan fingerprint density at radius 1 is 0.671 bits per heavy atom. The van der Waals surface area contributed by atoms with Crippen molar-refractivity contribution in [1.29, 1.82) is 26.5 Å². The maximum Gasteiger partial charge on any atom is 0.262 e. The van der Waals surface area contributed by atoms with E-state index in [1.165, 1.54) is 0 Å². The van der Waals surface area contributed by atoms with E-state index in [4.69, 9.17) is 14.9 Å². The van der Waals surface area contributed by atoms with E-state index in [1.54, 1.807) is 0 Å². The van der Waals surface area contributed by atoms with Crippen LogP contribution in [0.4, 0.5) is 13.2 Å². The van der Waals surface area contributed by atoms with Gasteiger partial charge in [-0.05, 0) is 54.6 Å². The minimum Gasteiger partial charge on any atom is -0.507 e. The molecule has 412 valence electrons. The Morgan fingerprint density at radius 2 is 1.32 bits per heavy atom. The number of carbonyl (C=O) groups is 4. The lowest BCUT2D eigenvalue weighted by Gasteiger charge is -2.29. The van der Waals surface area contributed by atoms with Crippen LogP contribution in [-0.2, 0) is 4.79 Å². The summed E-state index contributed by atoms with van der Waals surface area (Å²) in [5.74, 6) is -12.8. The fourth-order valence-corrected chi connectivity index (χ4v) is 9.09. The Balaban J connectivity index is 1.36. The molecule has 23 nitrogen and oxygen atoms in total. The van der Waals surface area contributed by atoms with Gasteiger partial charge in [-0.1, -0.05) is 19.9 Å². The second-order valence-electron chi connectivity index (χ2n) is 18.8. The number of phenolic OH excluding ortho intramolecular Hbond substituents is 2. The van der Waals surface area contributed by atoms with Crippen LogP contribution in [0.1, 0.15) is 74.2 Å². The quantitative estimate of drug-likeness (QED) is 0.0584. The van der Waals surface area contributed by atoms with Crippen molar-refractivity contribution in [2.45, 2.75) is 20.8 Å². The third-order valence-corrected chi connectivity index (χ3v) is 12.8. The highest BCUT2D eigenvalue weighted by Gasteiger charge is 2.35. The second-order valence-corrected chi connectivity index (χ2v) is 18.8. The molecule has 10 N–H and O–H groups in total. The molecule has 0 spiro atoms. The fourth-order valence-electron chi connectivity index (χ4n) is 9.09. The Labute approximate surface area is 463 Å². The molecule has 0 bridgehead atoms. The van der Waals surface area contributed by atoms with Crippen LogP contribution in [-0.4, -0.2) is 102 Å². The first kappa shape index (κ1) is 56.7. The van der Waals surface area contributed by atoms with Crippen LogP contribution in [0, 0.1) is 73.6 Å². The predicted molar refractivity (Wildman–Crippen MR) is 287 cm³/mol. The highest BCUT2D eigenvalue weighted by atomic mass is 19.1. The first-order valence-corrected chi connectivity index (χ1v) is 24.2. The van der Waals surface area contributed by atoms with Gasteiger partial charge in [-0.3, -0.25) is 55.8 Å². The van der Waals surface area contributed by atoms with Crippen LogP contribution in [0.2, 0.25) is 0 Å². The zero-order valence-corrected chi connectivity index (χ0v) is 43.7. The fraction of sp³-hybridized carbons (Fsp3) is 0.179. The summed E-state index contributed by atoms with van der Waals surface area (Å²) in [4.78, 5) is 67.0. The first-order chi connectivity index (χ1) is 39.1. The van der Waals surface area contributed by atoms with Crippen molar-refractivity contribution in [3.63, 3.8) is 0 Å². The number of guanidine groups is 3. The molecule has 0 radical (unpaired) electrons. The summed E-state index contributed by atoms with van der Waals surface area (Å²) in [6, 6.07) is 17.1. The molecule has 1 aromatic heterocycles. The third-order valence-electron chi connectivity index (χ3n) is 12.8. The molecular weight excluding hydrogens is 1070 g/mol. The normalized spacial score (nSPS) is 13.0. The van der Waals surface area contributed by atoms with Gasteiger partial charge >= 0.3 is 0 Å². The number of rotatable bonds is 10. The average Bonchev–Trinajstić information content (AvgIpc) is 3.80. The Hall–Kier alpha value is -11.5. The Kier molecular flexibility index (Phi) is 15.8. The lowest BCUT2D eigenvalue weighted by Crippen LogP contribution is -2.49. The number of amides is 4. The monoisotopic (exact) mass is 1110 g/mol. The minimum absolute atomic E-state index is 0.0363. The number of hydrogen-bond donors (Lipinski definition) is 10. The summed E-state index contributed by atoms with van der Waals surface area (Å²) in [5.41, 5.74) is -9.41. The number of phenols is 2. The molecule has 82 heavy (non-hydrogen) atoms. The summed E-state index contributed by atoms with van der Waals surface area (Å²) >= 11 is 0. The number of aromatic hydroxyl groups is 3. The number of methoxy groups -OCH3 is 2. The molecule has 5 aromatic carbocycles. The van der Waals surface area contributed by atoms with Gasteiger partial charge in [0, 0.05) is 82.0 Å². The summed E-state index contributed by atoms with van der Waals surface area (Å²) in [7, 11) is 2.09. The Bertz CT molecular complexity index is 4040. The molecule has 26 heteroatoms. The van der Waals surface area contributed by atoms with Crippen LogP contribution in [0.15, 0.2) is 70.6 Å². The average molecular weight is 1110 g/mol. The molecule has 0 saturated carbocycles. The van der Waals surface area contributed by atoms with Crippen molar-refractivity contribution in [2.75, 3.05) is 40.4 Å². The molecule has 2 aliphatic heterocycles. The number of benzene rings is 5. The highest BCUT2D eigenvalue weighted by molar-refractivity contribution is 6.16. The number of aromatic nitrogens is 1. The molecule has 0 unspecified atom stereocenters. The van der Waals surface area contributed by atoms with Crippen molar-refractivity contribution in [1.82, 2.24) is 36.9 Å². The minimum atomic E-state index is -1.35. The van der Waals surface area contributed by atoms with Crippen LogP contribution in [0.25, 0.3) is 55.8 Å². The topological polar surface area (TPSA) is 376 Å². The van der Waals surface area contributed by atoms with Gasteiger partial charge in [-0.2, -0.15) is 21.0 Å². The second kappa shape index (κ2) is 22.8. The van der Waals surface area contributed by atoms with Crippen LogP contribution in [0.3, 0.4) is 0 Å². The number of ether oxygens (including phenoxy) is 2. The molecule has 6 aromatic rings. The third kappa shape index (κ3) is 10.7. The summed E-state index contributed by atoms with van der Waals surface area (Å²) in [5, 5.41) is 99.9. The van der Waals surface area contributed by atoms with E-state index in [0.29, 0.717) is 13.1 Å². The summed E-state index contributed by atoms with van der Waals surface area (Å²) in [6.07, 6.45) is 0. The van der Waals surface area contributed by atoms with E-state index in [-0.39, 0.29) is 52.9 Å². The van der Waals surface area contributed by atoms with Gasteiger partial charge in [0.05, 0.1) is 72.4 Å². The lowest BCUT2D eigenvalue weighted by atomic mass is 9.86. The van der Waals surface area contributed by atoms with Crippen molar-refractivity contribution < 1.29 is 57.1 Å². The highest BCUT2D eigenvalue weighted by Crippen LogP contribution is 2.49. The van der Waals surface area contributed by atoms with E-state index in [1.807, 2.05) is 48.8 Å². The maximum atomic E-state index is 17.3. The number of carbonyl (C=O) groups excluding carboxylic acids is 4. The number of nitriles is 4. The molecule has 0 aliphatic carbocycles. The van der Waals surface area contributed by atoms with Crippen LogP contribution >= 0.6 is 0 Å². The van der Waals surface area contributed by atoms with E-state index in [0.717, 1.165) is 81.8 Å². The van der Waals surface area contributed by atoms with Gasteiger partial charge in [-0.15, -0.1) is 0 Å². The van der Waals surface area contributed by atoms with Crippen LogP contribution < -0.4 is 41.4 Å². The number of pyridine rings is 1. The van der Waals surface area contributed by atoms with Crippen LogP contribution in [0.5, 0.6) is 28.7 Å². The summed E-state index contributed by atoms with van der Waals surface area (Å²) < 4.78 is 60.7. The largest absolute Gasteiger partial charge is 0.507 e. The van der Waals surface area contributed by atoms with Gasteiger partial charge in [0.15, 0.2) is 29.2 Å². The van der Waals surface area contributed by atoms with Gasteiger partial charge in [0.25, 0.3) is 17.7 Å². The van der Waals surface area contributed by atoms with Gasteiger partial charge in [0.1, 0.15) is 46.3 Å². The van der Waals surface area contributed by atoms with Gasteiger partial charge in [0.2, 0.25) is 11.9 Å². The molecule has 3 heterocycles. The zero-order chi connectivity index (χ0) is 59.5. The van der Waals surface area contributed by atoms with E-state index >= 15 is 8.78 Å². The molecular formula is C56H43F3N14O9. The molecule has 0 fully saturated rings. The van der Waals surface area contributed by atoms with Crippen molar-refractivity contribution in [3.05, 3.63) is 117 Å². The lowest BCUT2D eigenvalue weighted by molar-refractivity contribution is -0.117. The van der Waals surface area contributed by atoms with Crippen molar-refractivity contribution >= 4 is 41.5 Å². The number of halogens is 3. The molecule has 0 saturated heterocycles. The molecule has 4 amide bonds. The predicted octanol–water partition coefficient (Wildman–Crippen LogP) is 5.66. The summed E-state index contributed by atoms with van der Waals surface area (Å²) in [6.45, 7) is 5.91. The first-order valence-electron chi connectivity index (χ1n) is 24.2. The molecule has 8 rings (SSSR count). The van der Waals surface area contributed by atoms with E-state index < -0.39 is 148 Å². The Morgan fingerprint density at radius 3 is 1.91 bits per heavy atom. The number of nitrogens with zero attached hydrogens (tertiary/aromatic N) is 7. The molecule has 0 atom stereocenters. The standard InChI is InChI=1S/C56H43F3N14O9/c1-24(74)69-53(64)71-50(78)42-37(75)11-7-26(19-61)39(42)29-9-10-30(49(82-5)45(29)59)46-48(77)44(52(80)73-55-67-22-56(2,3)23-68-55)41(36(21-63)70-46)34-16-35(58)32(17-38(34)81-4)33-14-27(20-62)40(31-15-28(57)8-6-25(31)18-60)43(47(33)76)51(79)72-54-65-12-13-66-54/h6-11,14-17,75-77H,12-13,22-23H2,1-5H3,(H2,65,66,72,79)(H2,67,68,73,80)(H3,64,69,71,74,78). The van der Waals surface area contributed by atoms with E-state index in [2.05, 4.69) is 36.2 Å². The van der Waals surface area contributed by atoms with Gasteiger partial charge in [-0.25, -0.2) is 18.2 Å². The maximum absolute atomic E-state index is 17.3. The number of nitrogens with one attached hydrogen (secondary N) is 7. The van der Waals surface area contributed by atoms with Crippen molar-refractivity contribution in [3.8, 4) is 109 Å². The smallest absolute Gasteiger partial charge is 0.262 e. The SMILES string of the molecule is COc1cc(-c2cc(C#N)c(-c3cc(F)ccc3C#N)c(C(=O)NC3=NCCN3)c2O)c(F)cc1-c1c(C#N)nc(-c2ccc(-c3c(C#N)ccc(O)c3C(=O)NC(=N)NC(C)=O)c(F)c2OC)c(O)c1C(=O)NC1=NCC(C)(C)CN1. The van der Waals surface area contributed by atoms with Gasteiger partial charge < -0.3 is 35.4 Å². The van der Waals surface area contributed by atoms with Crippen molar-refractivity contribution in [2.24, 2.45) is 15.4 Å². The zero-order valence-electron chi connectivity index (χ0n) is 43.7. The van der Waals surface area contributed by atoms with E-state index in [9.17, 15) is 59.9 Å². The number of hydrogen-bond acceptors (Lipinski definition) is 19. The number of aliphatic imine (C=N–C) groups is 2. The molecule has 2 aliphatic rings.